The van der Waals surface area contributed by atoms with Crippen LogP contribution in [0.2, 0.25) is 0 Å². The van der Waals surface area contributed by atoms with Gasteiger partial charge in [-0.3, -0.25) is 0 Å². The summed E-state index contributed by atoms with van der Waals surface area (Å²) >= 11 is 0. The van der Waals surface area contributed by atoms with Crippen LogP contribution in [-0.2, 0) is 9.84 Å². The van der Waals surface area contributed by atoms with Gasteiger partial charge in [0.25, 0.3) is 0 Å². The van der Waals surface area contributed by atoms with Gasteiger partial charge in [0.05, 0.1) is 5.25 Å². The molecular weight excluding hydrogens is 162 g/mol. The van der Waals surface area contributed by atoms with Crippen LogP contribution < -0.4 is 5.32 Å². The molecule has 2 atom stereocenters. The fourth-order valence-electron chi connectivity index (χ4n) is 1.59. The Bertz CT molecular complexity index is 223. The van der Waals surface area contributed by atoms with Gasteiger partial charge in [-0.1, -0.05) is 0 Å². The van der Waals surface area contributed by atoms with Gasteiger partial charge in [-0.25, -0.2) is 8.42 Å². The van der Waals surface area contributed by atoms with E-state index in [2.05, 4.69) is 5.32 Å². The van der Waals surface area contributed by atoms with E-state index in [1.165, 1.54) is 6.26 Å². The lowest BCUT2D eigenvalue weighted by Crippen LogP contribution is -2.24. The summed E-state index contributed by atoms with van der Waals surface area (Å²) in [6.07, 6.45) is 3.93. The molecule has 0 aromatic rings. The highest BCUT2D eigenvalue weighted by Crippen LogP contribution is 2.24. The average molecular weight is 177 g/mol. The Kier molecular flexibility index (Phi) is 2.54. The van der Waals surface area contributed by atoms with Gasteiger partial charge in [-0.15, -0.1) is 0 Å². The average Bonchev–Trinajstić information content (AvgIpc) is 2.32. The van der Waals surface area contributed by atoms with Crippen molar-refractivity contribution in [2.75, 3.05) is 13.3 Å². The van der Waals surface area contributed by atoms with E-state index in [1.54, 1.807) is 0 Å². The van der Waals surface area contributed by atoms with Crippen LogP contribution >= 0.6 is 0 Å². The van der Waals surface area contributed by atoms with E-state index in [0.29, 0.717) is 6.04 Å². The summed E-state index contributed by atoms with van der Waals surface area (Å²) in [5.74, 6) is 0. The van der Waals surface area contributed by atoms with E-state index >= 15 is 0 Å². The lowest BCUT2D eigenvalue weighted by molar-refractivity contribution is 0.568. The summed E-state index contributed by atoms with van der Waals surface area (Å²) in [5, 5.41) is 3.00. The smallest absolute Gasteiger partial charge is 0.150 e. The first kappa shape index (κ1) is 9.00. The Morgan fingerprint density at radius 1 is 1.36 bits per heavy atom. The highest BCUT2D eigenvalue weighted by atomic mass is 32.2. The highest BCUT2D eigenvalue weighted by Gasteiger charge is 2.30. The second kappa shape index (κ2) is 3.11. The number of hydrogen-bond acceptors (Lipinski definition) is 3. The first-order valence-electron chi connectivity index (χ1n) is 3.90. The predicted octanol–water partition coefficient (Wildman–Crippen LogP) is 0.171. The third-order valence-electron chi connectivity index (χ3n) is 2.40. The maximum atomic E-state index is 11.1. The van der Waals surface area contributed by atoms with Crippen molar-refractivity contribution in [3.8, 4) is 0 Å². The second-order valence-electron chi connectivity index (χ2n) is 3.25. The van der Waals surface area contributed by atoms with Gasteiger partial charge < -0.3 is 5.32 Å². The van der Waals surface area contributed by atoms with Crippen LogP contribution in [0.1, 0.15) is 19.3 Å². The molecule has 0 aliphatic heterocycles. The van der Waals surface area contributed by atoms with Gasteiger partial charge in [-0.05, 0) is 26.3 Å². The quantitative estimate of drug-likeness (QED) is 0.654. The second-order valence-corrected chi connectivity index (χ2v) is 5.58. The van der Waals surface area contributed by atoms with Gasteiger partial charge in [0.15, 0.2) is 0 Å². The van der Waals surface area contributed by atoms with Crippen LogP contribution in [0.4, 0.5) is 0 Å². The van der Waals surface area contributed by atoms with Gasteiger partial charge >= 0.3 is 0 Å². The summed E-state index contributed by atoms with van der Waals surface area (Å²) in [6.45, 7) is 0. The normalized spacial score (nSPS) is 32.5. The molecule has 1 N–H and O–H groups in total. The molecule has 1 rings (SSSR count). The lowest BCUT2D eigenvalue weighted by Gasteiger charge is -2.07. The Morgan fingerprint density at radius 2 is 2.00 bits per heavy atom. The molecule has 11 heavy (non-hydrogen) atoms. The molecule has 1 aliphatic carbocycles. The third-order valence-corrected chi connectivity index (χ3v) is 4.04. The molecule has 0 bridgehead atoms. The van der Waals surface area contributed by atoms with Crippen molar-refractivity contribution >= 4 is 9.84 Å². The Morgan fingerprint density at radius 3 is 2.27 bits per heavy atom. The Balaban J connectivity index is 2.55. The maximum absolute atomic E-state index is 11.1. The summed E-state index contributed by atoms with van der Waals surface area (Å²) in [4.78, 5) is 0. The first-order valence-corrected chi connectivity index (χ1v) is 5.85. The molecule has 1 saturated carbocycles. The molecule has 0 amide bonds. The molecule has 3 nitrogen and oxygen atoms in total. The minimum Gasteiger partial charge on any atom is -0.317 e. The van der Waals surface area contributed by atoms with E-state index in [4.69, 9.17) is 0 Å². The van der Waals surface area contributed by atoms with Crippen LogP contribution in [0.5, 0.6) is 0 Å². The molecule has 0 spiro atoms. The zero-order valence-electron chi connectivity index (χ0n) is 7.00. The minimum atomic E-state index is -2.79. The zero-order valence-corrected chi connectivity index (χ0v) is 7.82. The molecule has 0 heterocycles. The fourth-order valence-corrected chi connectivity index (χ4v) is 2.74. The molecule has 2 unspecified atom stereocenters. The van der Waals surface area contributed by atoms with Crippen molar-refractivity contribution in [3.63, 3.8) is 0 Å². The molecule has 1 fully saturated rings. The van der Waals surface area contributed by atoms with E-state index in [-0.39, 0.29) is 5.25 Å². The van der Waals surface area contributed by atoms with Gasteiger partial charge in [0.1, 0.15) is 9.84 Å². The van der Waals surface area contributed by atoms with Crippen molar-refractivity contribution in [1.82, 2.24) is 5.32 Å². The molecule has 4 heteroatoms. The van der Waals surface area contributed by atoms with Crippen molar-refractivity contribution < 1.29 is 8.42 Å². The third kappa shape index (κ3) is 2.17. The SMILES string of the molecule is CNC1CCC(S(C)(=O)=O)C1. The van der Waals surface area contributed by atoms with Gasteiger partial charge in [-0.2, -0.15) is 0 Å². The number of rotatable bonds is 2. The topological polar surface area (TPSA) is 46.2 Å². The molecule has 66 valence electrons. The molecule has 0 aromatic heterocycles. The van der Waals surface area contributed by atoms with Crippen LogP contribution in [-0.4, -0.2) is 33.0 Å². The van der Waals surface area contributed by atoms with Gasteiger partial charge in [0.2, 0.25) is 0 Å². The number of sulfone groups is 1. The lowest BCUT2D eigenvalue weighted by atomic mass is 10.3. The minimum absolute atomic E-state index is 0.0973. The molecule has 1 aliphatic rings. The molecular formula is C7H15NO2S. The van der Waals surface area contributed by atoms with Crippen molar-refractivity contribution in [2.45, 2.75) is 30.6 Å². The Labute approximate surface area is 68.1 Å². The van der Waals surface area contributed by atoms with Gasteiger partial charge in [0, 0.05) is 12.3 Å². The standard InChI is InChI=1S/C7H15NO2S/c1-8-6-3-4-7(5-6)11(2,9)10/h6-8H,3-5H2,1-2H3. The van der Waals surface area contributed by atoms with Crippen LogP contribution in [0.15, 0.2) is 0 Å². The zero-order chi connectivity index (χ0) is 8.48. The van der Waals surface area contributed by atoms with Crippen molar-refractivity contribution in [1.29, 1.82) is 0 Å². The largest absolute Gasteiger partial charge is 0.317 e. The van der Waals surface area contributed by atoms with E-state index in [0.717, 1.165) is 19.3 Å². The number of nitrogens with one attached hydrogen (secondary N) is 1. The summed E-state index contributed by atoms with van der Waals surface area (Å²) in [7, 11) is -0.901. The first-order chi connectivity index (χ1) is 5.04. The van der Waals surface area contributed by atoms with Crippen LogP contribution in [0, 0.1) is 0 Å². The van der Waals surface area contributed by atoms with Crippen molar-refractivity contribution in [2.24, 2.45) is 0 Å². The number of hydrogen-bond donors (Lipinski definition) is 1. The predicted molar refractivity (Wildman–Crippen MR) is 45.3 cm³/mol. The van der Waals surface area contributed by atoms with E-state index < -0.39 is 9.84 Å². The highest BCUT2D eigenvalue weighted by molar-refractivity contribution is 7.91. The van der Waals surface area contributed by atoms with Crippen LogP contribution in [0.25, 0.3) is 0 Å². The van der Waals surface area contributed by atoms with E-state index in [1.807, 2.05) is 7.05 Å². The monoisotopic (exact) mass is 177 g/mol. The van der Waals surface area contributed by atoms with Crippen LogP contribution in [0.3, 0.4) is 0 Å². The molecule has 0 aromatic carbocycles. The van der Waals surface area contributed by atoms with Crippen molar-refractivity contribution in [3.05, 3.63) is 0 Å². The maximum Gasteiger partial charge on any atom is 0.150 e. The fraction of sp³-hybridized carbons (Fsp3) is 1.00. The summed E-state index contributed by atoms with van der Waals surface area (Å²) in [6, 6.07) is 0.412. The Hall–Kier alpha value is -0.0900. The summed E-state index contributed by atoms with van der Waals surface area (Å²) < 4.78 is 22.1. The molecule has 0 radical (unpaired) electrons. The summed E-state index contributed by atoms with van der Waals surface area (Å²) in [5.41, 5.74) is 0. The molecule has 0 saturated heterocycles. The van der Waals surface area contributed by atoms with E-state index in [9.17, 15) is 8.42 Å².